The lowest BCUT2D eigenvalue weighted by Gasteiger charge is -2.12. The zero-order valence-corrected chi connectivity index (χ0v) is 19.4. The van der Waals surface area contributed by atoms with Crippen LogP contribution in [0.25, 0.3) is 5.52 Å². The van der Waals surface area contributed by atoms with E-state index < -0.39 is 0 Å². The van der Waals surface area contributed by atoms with Gasteiger partial charge in [-0.1, -0.05) is 18.2 Å². The number of aromatic nitrogens is 2. The van der Waals surface area contributed by atoms with Crippen molar-refractivity contribution in [3.8, 4) is 17.6 Å². The number of benzene rings is 2. The van der Waals surface area contributed by atoms with E-state index in [1.165, 1.54) is 6.20 Å². The molecule has 0 aliphatic heterocycles. The van der Waals surface area contributed by atoms with Crippen molar-refractivity contribution < 1.29 is 13.9 Å². The van der Waals surface area contributed by atoms with Gasteiger partial charge < -0.3 is 25.1 Å². The zero-order valence-electron chi connectivity index (χ0n) is 19.4. The van der Waals surface area contributed by atoms with Gasteiger partial charge in [-0.15, -0.1) is 0 Å². The van der Waals surface area contributed by atoms with Crippen molar-refractivity contribution in [2.75, 3.05) is 10.6 Å². The van der Waals surface area contributed by atoms with Crippen LogP contribution in [0.1, 0.15) is 16.9 Å². The number of nitriles is 1. The van der Waals surface area contributed by atoms with Gasteiger partial charge in [-0.25, -0.2) is 9.31 Å². The number of nitrogens with one attached hydrogen (secondary N) is 3. The molecule has 0 saturated heterocycles. The van der Waals surface area contributed by atoms with Gasteiger partial charge in [0.15, 0.2) is 0 Å². The average Bonchev–Trinajstić information content (AvgIpc) is 3.53. The molecule has 5 aromatic rings. The second-order valence-corrected chi connectivity index (χ2v) is 7.96. The van der Waals surface area contributed by atoms with Gasteiger partial charge in [-0.2, -0.15) is 10.4 Å². The molecular weight excluding hydrogens is 456 g/mol. The van der Waals surface area contributed by atoms with Gasteiger partial charge in [-0.3, -0.25) is 0 Å². The standard InChI is InChI=1S/C27H22N6O3/c1-18-24(32-27(34)29-16-23-8-5-13-35-23)17-33-26(18)25(19(14-28)15-30-33)31-20-9-11-22(12-10-20)36-21-6-3-2-4-7-21/h2-13,15,17,31H,16H2,1H3,(H2,29,32,34). The molecule has 0 aliphatic carbocycles. The molecular formula is C27H22N6O3. The second kappa shape index (κ2) is 9.95. The largest absolute Gasteiger partial charge is 0.467 e. The topological polar surface area (TPSA) is 117 Å². The highest BCUT2D eigenvalue weighted by Gasteiger charge is 2.17. The van der Waals surface area contributed by atoms with Gasteiger partial charge in [0.25, 0.3) is 0 Å². The molecule has 36 heavy (non-hydrogen) atoms. The average molecular weight is 479 g/mol. The molecule has 9 heteroatoms. The third-order valence-corrected chi connectivity index (χ3v) is 5.53. The molecule has 2 amide bonds. The number of aryl methyl sites for hydroxylation is 1. The first-order valence-corrected chi connectivity index (χ1v) is 11.2. The number of furan rings is 1. The molecule has 9 nitrogen and oxygen atoms in total. The fourth-order valence-corrected chi connectivity index (χ4v) is 3.75. The number of hydrogen-bond donors (Lipinski definition) is 3. The van der Waals surface area contributed by atoms with Crippen LogP contribution in [0.15, 0.2) is 89.8 Å². The fraction of sp³-hybridized carbons (Fsp3) is 0.0741. The molecule has 0 spiro atoms. The van der Waals surface area contributed by atoms with Crippen LogP contribution in [-0.2, 0) is 6.54 Å². The van der Waals surface area contributed by atoms with Crippen LogP contribution in [0.5, 0.6) is 11.5 Å². The summed E-state index contributed by atoms with van der Waals surface area (Å²) in [4.78, 5) is 12.4. The molecule has 0 radical (unpaired) electrons. The highest BCUT2D eigenvalue weighted by molar-refractivity contribution is 5.94. The van der Waals surface area contributed by atoms with Crippen molar-refractivity contribution >= 4 is 28.6 Å². The molecule has 3 aromatic heterocycles. The summed E-state index contributed by atoms with van der Waals surface area (Å²) in [7, 11) is 0. The molecule has 2 aromatic carbocycles. The Hall–Kier alpha value is -5.23. The van der Waals surface area contributed by atoms with E-state index in [1.54, 1.807) is 29.1 Å². The summed E-state index contributed by atoms with van der Waals surface area (Å²) in [6, 6.07) is 22.3. The number of carbonyl (C=O) groups excluding carboxylic acids is 1. The summed E-state index contributed by atoms with van der Waals surface area (Å²) in [5.41, 5.74) is 3.75. The number of nitrogens with zero attached hydrogens (tertiary/aromatic N) is 3. The lowest BCUT2D eigenvalue weighted by Crippen LogP contribution is -2.28. The molecule has 5 rings (SSSR count). The van der Waals surface area contributed by atoms with Gasteiger partial charge in [0.05, 0.1) is 47.7 Å². The van der Waals surface area contributed by atoms with Crippen molar-refractivity contribution in [2.24, 2.45) is 0 Å². The van der Waals surface area contributed by atoms with E-state index in [1.807, 2.05) is 61.5 Å². The smallest absolute Gasteiger partial charge is 0.319 e. The van der Waals surface area contributed by atoms with Gasteiger partial charge in [0.2, 0.25) is 0 Å². The minimum absolute atomic E-state index is 0.263. The van der Waals surface area contributed by atoms with Crippen LogP contribution in [0, 0.1) is 18.3 Å². The molecule has 0 bridgehead atoms. The first-order chi connectivity index (χ1) is 17.6. The first kappa shape index (κ1) is 22.6. The Balaban J connectivity index is 1.37. The van der Waals surface area contributed by atoms with Crippen molar-refractivity contribution in [2.45, 2.75) is 13.5 Å². The first-order valence-electron chi connectivity index (χ1n) is 11.2. The Morgan fingerprint density at radius 2 is 1.86 bits per heavy atom. The minimum atomic E-state index is -0.380. The number of hydrogen-bond acceptors (Lipinski definition) is 6. The Morgan fingerprint density at radius 1 is 1.08 bits per heavy atom. The fourth-order valence-electron chi connectivity index (χ4n) is 3.75. The number of anilines is 3. The number of ether oxygens (including phenoxy) is 1. The van der Waals surface area contributed by atoms with E-state index in [-0.39, 0.29) is 12.6 Å². The Labute approximate surface area is 206 Å². The van der Waals surface area contributed by atoms with Crippen LogP contribution >= 0.6 is 0 Å². The summed E-state index contributed by atoms with van der Waals surface area (Å²) in [5, 5.41) is 23.0. The molecule has 0 aliphatic rings. The molecule has 178 valence electrons. The quantitative estimate of drug-likeness (QED) is 0.266. The van der Waals surface area contributed by atoms with E-state index in [2.05, 4.69) is 27.1 Å². The monoisotopic (exact) mass is 478 g/mol. The number of amides is 2. The zero-order chi connectivity index (χ0) is 24.9. The lowest BCUT2D eigenvalue weighted by molar-refractivity contribution is 0.251. The van der Waals surface area contributed by atoms with E-state index >= 15 is 0 Å². The van der Waals surface area contributed by atoms with Gasteiger partial charge >= 0.3 is 6.03 Å². The molecule has 0 saturated carbocycles. The van der Waals surface area contributed by atoms with Crippen molar-refractivity contribution in [1.82, 2.24) is 14.9 Å². The highest BCUT2D eigenvalue weighted by atomic mass is 16.5. The van der Waals surface area contributed by atoms with Crippen LogP contribution < -0.4 is 20.7 Å². The maximum absolute atomic E-state index is 12.4. The van der Waals surface area contributed by atoms with E-state index in [0.29, 0.717) is 34.0 Å². The van der Waals surface area contributed by atoms with Gasteiger partial charge in [-0.05, 0) is 55.5 Å². The summed E-state index contributed by atoms with van der Waals surface area (Å²) in [5.74, 6) is 2.09. The highest BCUT2D eigenvalue weighted by Crippen LogP contribution is 2.33. The summed E-state index contributed by atoms with van der Waals surface area (Å²) in [6.45, 7) is 2.13. The van der Waals surface area contributed by atoms with Crippen LogP contribution in [0.4, 0.5) is 21.9 Å². The van der Waals surface area contributed by atoms with Crippen molar-refractivity contribution in [3.63, 3.8) is 0 Å². The van der Waals surface area contributed by atoms with Crippen LogP contribution in [0.2, 0.25) is 0 Å². The maximum atomic E-state index is 12.4. The number of fused-ring (bicyclic) bond motifs is 1. The molecule has 3 heterocycles. The summed E-state index contributed by atoms with van der Waals surface area (Å²) in [6.07, 6.45) is 4.75. The van der Waals surface area contributed by atoms with Crippen LogP contribution in [0.3, 0.4) is 0 Å². The number of para-hydroxylation sites is 1. The van der Waals surface area contributed by atoms with Gasteiger partial charge in [0, 0.05) is 11.3 Å². The Kier molecular flexibility index (Phi) is 6.23. The minimum Gasteiger partial charge on any atom is -0.467 e. The second-order valence-electron chi connectivity index (χ2n) is 7.96. The Morgan fingerprint density at radius 3 is 2.58 bits per heavy atom. The normalized spacial score (nSPS) is 10.6. The third kappa shape index (κ3) is 4.83. The molecule has 0 atom stereocenters. The van der Waals surface area contributed by atoms with Crippen LogP contribution in [-0.4, -0.2) is 15.6 Å². The molecule has 3 N–H and O–H groups in total. The molecule has 0 fully saturated rings. The Bertz CT molecular complexity index is 1530. The predicted octanol–water partition coefficient (Wildman–Crippen LogP) is 5.97. The lowest BCUT2D eigenvalue weighted by atomic mass is 10.1. The van der Waals surface area contributed by atoms with E-state index in [9.17, 15) is 10.1 Å². The van der Waals surface area contributed by atoms with E-state index in [4.69, 9.17) is 9.15 Å². The summed E-state index contributed by atoms with van der Waals surface area (Å²) >= 11 is 0. The third-order valence-electron chi connectivity index (χ3n) is 5.53. The number of rotatable bonds is 7. The van der Waals surface area contributed by atoms with Crippen molar-refractivity contribution in [1.29, 1.82) is 5.26 Å². The number of carbonyl (C=O) groups is 1. The van der Waals surface area contributed by atoms with E-state index in [0.717, 1.165) is 17.0 Å². The maximum Gasteiger partial charge on any atom is 0.319 e. The van der Waals surface area contributed by atoms with Gasteiger partial charge in [0.1, 0.15) is 23.3 Å². The number of urea groups is 1. The van der Waals surface area contributed by atoms with Crippen molar-refractivity contribution in [3.05, 3.63) is 102 Å². The predicted molar refractivity (Wildman–Crippen MR) is 135 cm³/mol. The SMILES string of the molecule is Cc1c(NC(=O)NCc2ccco2)cn2ncc(C#N)c(Nc3ccc(Oc4ccccc4)cc3)c12. The summed E-state index contributed by atoms with van der Waals surface area (Å²) < 4.78 is 12.7. The molecule has 0 unspecified atom stereocenters.